The zero-order valence-corrected chi connectivity index (χ0v) is 15.0. The maximum atomic E-state index is 12.8. The van der Waals surface area contributed by atoms with Crippen molar-refractivity contribution in [2.75, 3.05) is 13.1 Å². The highest BCUT2D eigenvalue weighted by molar-refractivity contribution is 6.00. The van der Waals surface area contributed by atoms with Crippen LogP contribution in [0.2, 0.25) is 0 Å². The highest BCUT2D eigenvalue weighted by atomic mass is 16.2. The van der Waals surface area contributed by atoms with E-state index in [1.807, 2.05) is 6.07 Å². The third-order valence-electron chi connectivity index (χ3n) is 5.66. The topological polar surface area (TPSA) is 85.1 Å². The lowest BCUT2D eigenvalue weighted by atomic mass is 9.91. The first kappa shape index (κ1) is 17.0. The lowest BCUT2D eigenvalue weighted by molar-refractivity contribution is -0.135. The number of aryl methyl sites for hydroxylation is 1. The van der Waals surface area contributed by atoms with Crippen LogP contribution >= 0.6 is 0 Å². The smallest absolute Gasteiger partial charge is 0.317 e. The molecule has 0 bridgehead atoms. The van der Waals surface area contributed by atoms with Gasteiger partial charge in [0.15, 0.2) is 0 Å². The summed E-state index contributed by atoms with van der Waals surface area (Å²) in [5.41, 5.74) is 2.60. The molecule has 0 radical (unpaired) electrons. The molecule has 1 atom stereocenters. The molecule has 0 spiro atoms. The Morgan fingerprint density at radius 2 is 1.85 bits per heavy atom. The summed E-state index contributed by atoms with van der Waals surface area (Å²) in [6, 6.07) is 5.45. The van der Waals surface area contributed by atoms with E-state index < -0.39 is 11.9 Å². The molecule has 1 aromatic carbocycles. The zero-order chi connectivity index (χ0) is 18.3. The van der Waals surface area contributed by atoms with E-state index in [1.165, 1.54) is 23.0 Å². The van der Waals surface area contributed by atoms with Gasteiger partial charge in [-0.15, -0.1) is 0 Å². The number of nitrogens with zero attached hydrogens (tertiary/aromatic N) is 2. The SMILES string of the molecule is Cn1c(=O)n(C2CCC(=O)NC2=O)c2ccc(CC3CCNCC3)cc21. The average Bonchev–Trinajstić information content (AvgIpc) is 2.87. The lowest BCUT2D eigenvalue weighted by Crippen LogP contribution is -2.44. The van der Waals surface area contributed by atoms with Crippen LogP contribution in [0.1, 0.15) is 37.3 Å². The van der Waals surface area contributed by atoms with Crippen LogP contribution in [0.4, 0.5) is 0 Å². The van der Waals surface area contributed by atoms with Crippen LogP contribution < -0.4 is 16.3 Å². The van der Waals surface area contributed by atoms with E-state index in [4.69, 9.17) is 0 Å². The number of aromatic nitrogens is 2. The number of imidazole rings is 1. The van der Waals surface area contributed by atoms with Crippen LogP contribution in [0.15, 0.2) is 23.0 Å². The first-order chi connectivity index (χ1) is 12.5. The Morgan fingerprint density at radius 3 is 2.58 bits per heavy atom. The summed E-state index contributed by atoms with van der Waals surface area (Å²) in [6.07, 6.45) is 3.98. The molecule has 1 unspecified atom stereocenters. The van der Waals surface area contributed by atoms with Crippen LogP contribution in [-0.2, 0) is 23.1 Å². The quantitative estimate of drug-likeness (QED) is 0.799. The second-order valence-electron chi connectivity index (χ2n) is 7.40. The summed E-state index contributed by atoms with van der Waals surface area (Å²) in [7, 11) is 1.74. The van der Waals surface area contributed by atoms with Gasteiger partial charge in [0.2, 0.25) is 11.8 Å². The number of amides is 2. The van der Waals surface area contributed by atoms with Crippen LogP contribution in [0.3, 0.4) is 0 Å². The number of carbonyl (C=O) groups excluding carboxylic acids is 2. The highest BCUT2D eigenvalue weighted by Crippen LogP contribution is 2.25. The predicted octanol–water partition coefficient (Wildman–Crippen LogP) is 0.860. The zero-order valence-electron chi connectivity index (χ0n) is 15.0. The molecule has 3 heterocycles. The first-order valence-electron chi connectivity index (χ1n) is 9.29. The van der Waals surface area contributed by atoms with E-state index in [0.29, 0.717) is 12.3 Å². The maximum absolute atomic E-state index is 12.8. The van der Waals surface area contributed by atoms with Gasteiger partial charge in [-0.3, -0.25) is 24.0 Å². The molecule has 2 amide bonds. The van der Waals surface area contributed by atoms with Crippen molar-refractivity contribution in [2.24, 2.45) is 13.0 Å². The number of imide groups is 1. The van der Waals surface area contributed by atoms with E-state index in [9.17, 15) is 14.4 Å². The maximum Gasteiger partial charge on any atom is 0.329 e. The molecule has 4 rings (SSSR count). The third-order valence-corrected chi connectivity index (χ3v) is 5.66. The highest BCUT2D eigenvalue weighted by Gasteiger charge is 2.31. The van der Waals surface area contributed by atoms with Crippen molar-refractivity contribution < 1.29 is 9.59 Å². The Hall–Kier alpha value is -2.41. The summed E-state index contributed by atoms with van der Waals surface area (Å²) in [6.45, 7) is 2.13. The third kappa shape index (κ3) is 2.96. The monoisotopic (exact) mass is 356 g/mol. The minimum Gasteiger partial charge on any atom is -0.317 e. The van der Waals surface area contributed by atoms with Crippen molar-refractivity contribution in [3.05, 3.63) is 34.2 Å². The molecule has 7 nitrogen and oxygen atoms in total. The van der Waals surface area contributed by atoms with Crippen LogP contribution in [0.5, 0.6) is 0 Å². The number of benzene rings is 1. The summed E-state index contributed by atoms with van der Waals surface area (Å²) in [5.74, 6) is 0.00127. The van der Waals surface area contributed by atoms with Crippen LogP contribution in [-0.4, -0.2) is 34.0 Å². The van der Waals surface area contributed by atoms with Crippen molar-refractivity contribution in [3.8, 4) is 0 Å². The van der Waals surface area contributed by atoms with Crippen molar-refractivity contribution in [1.29, 1.82) is 0 Å². The fraction of sp³-hybridized carbons (Fsp3) is 0.526. The Morgan fingerprint density at radius 1 is 1.08 bits per heavy atom. The van der Waals surface area contributed by atoms with Crippen LogP contribution in [0, 0.1) is 5.92 Å². The van der Waals surface area contributed by atoms with E-state index >= 15 is 0 Å². The fourth-order valence-electron chi connectivity index (χ4n) is 4.18. The minimum atomic E-state index is -0.626. The Labute approximate surface area is 151 Å². The molecule has 2 N–H and O–H groups in total. The molecule has 0 saturated carbocycles. The van der Waals surface area contributed by atoms with Gasteiger partial charge in [0, 0.05) is 13.5 Å². The molecule has 7 heteroatoms. The molecular formula is C19H24N4O3. The molecule has 2 saturated heterocycles. The normalized spacial score (nSPS) is 22.0. The van der Waals surface area contributed by atoms with Gasteiger partial charge in [0.05, 0.1) is 11.0 Å². The van der Waals surface area contributed by atoms with Crippen LogP contribution in [0.25, 0.3) is 11.0 Å². The van der Waals surface area contributed by atoms with Gasteiger partial charge in [0.1, 0.15) is 6.04 Å². The van der Waals surface area contributed by atoms with E-state index in [2.05, 4.69) is 22.8 Å². The minimum absolute atomic E-state index is 0.214. The number of fused-ring (bicyclic) bond motifs is 1. The fourth-order valence-corrected chi connectivity index (χ4v) is 4.18. The molecule has 2 aromatic rings. The number of nitrogens with one attached hydrogen (secondary N) is 2. The van der Waals surface area contributed by atoms with Crippen molar-refractivity contribution in [1.82, 2.24) is 19.8 Å². The van der Waals surface area contributed by atoms with Gasteiger partial charge in [0.25, 0.3) is 0 Å². The first-order valence-corrected chi connectivity index (χ1v) is 9.29. The van der Waals surface area contributed by atoms with Crippen molar-refractivity contribution in [3.63, 3.8) is 0 Å². The average molecular weight is 356 g/mol. The van der Waals surface area contributed by atoms with Gasteiger partial charge in [-0.05, 0) is 62.4 Å². The molecule has 138 valence electrons. The summed E-state index contributed by atoms with van der Waals surface area (Å²) >= 11 is 0. The van der Waals surface area contributed by atoms with Gasteiger partial charge in [-0.2, -0.15) is 0 Å². The molecule has 26 heavy (non-hydrogen) atoms. The molecule has 2 aliphatic heterocycles. The number of rotatable bonds is 3. The standard InChI is InChI=1S/C19H24N4O3/c1-22-16-11-13(10-12-6-8-20-9-7-12)2-3-14(16)23(19(22)26)15-4-5-17(24)21-18(15)25/h2-3,11-12,15,20H,4-10H2,1H3,(H,21,24,25). The number of piperidine rings is 2. The summed E-state index contributed by atoms with van der Waals surface area (Å²) < 4.78 is 3.14. The number of carbonyl (C=O) groups is 2. The van der Waals surface area contributed by atoms with Gasteiger partial charge in [-0.1, -0.05) is 6.07 Å². The van der Waals surface area contributed by atoms with E-state index in [0.717, 1.165) is 30.5 Å². The molecule has 1 aromatic heterocycles. The summed E-state index contributed by atoms with van der Waals surface area (Å²) in [5, 5.41) is 5.72. The molecule has 2 aliphatic rings. The van der Waals surface area contributed by atoms with Gasteiger partial charge >= 0.3 is 5.69 Å². The second-order valence-corrected chi connectivity index (χ2v) is 7.40. The predicted molar refractivity (Wildman–Crippen MR) is 97.9 cm³/mol. The Kier molecular flexibility index (Phi) is 4.40. The second kappa shape index (κ2) is 6.72. The molecular weight excluding hydrogens is 332 g/mol. The summed E-state index contributed by atoms with van der Waals surface area (Å²) in [4.78, 5) is 36.4. The molecule has 2 fully saturated rings. The largest absolute Gasteiger partial charge is 0.329 e. The lowest BCUT2D eigenvalue weighted by Gasteiger charge is -2.23. The number of hydrogen-bond acceptors (Lipinski definition) is 4. The van der Waals surface area contributed by atoms with Crippen molar-refractivity contribution in [2.45, 2.75) is 38.1 Å². The van der Waals surface area contributed by atoms with E-state index in [-0.39, 0.29) is 18.0 Å². The Bertz CT molecular complexity index is 921. The Balaban J connectivity index is 1.69. The van der Waals surface area contributed by atoms with Gasteiger partial charge < -0.3 is 5.32 Å². The van der Waals surface area contributed by atoms with E-state index in [1.54, 1.807) is 11.6 Å². The van der Waals surface area contributed by atoms with Crippen molar-refractivity contribution >= 4 is 22.8 Å². The number of hydrogen-bond donors (Lipinski definition) is 2. The van der Waals surface area contributed by atoms with Gasteiger partial charge in [-0.25, -0.2) is 4.79 Å². The molecule has 0 aliphatic carbocycles.